The van der Waals surface area contributed by atoms with E-state index in [1.165, 1.54) is 0 Å². The summed E-state index contributed by atoms with van der Waals surface area (Å²) in [6, 6.07) is 22.6. The first-order valence-corrected chi connectivity index (χ1v) is 11.1. The van der Waals surface area contributed by atoms with Crippen LogP contribution in [0.1, 0.15) is 32.1 Å². The topological polar surface area (TPSA) is 63.6 Å². The van der Waals surface area contributed by atoms with E-state index in [-0.39, 0.29) is 11.6 Å². The molecule has 0 spiro atoms. The molecule has 5 nitrogen and oxygen atoms in total. The van der Waals surface area contributed by atoms with E-state index in [9.17, 15) is 4.79 Å². The number of rotatable bonds is 5. The summed E-state index contributed by atoms with van der Waals surface area (Å²) in [5, 5.41) is 1.24. The molecule has 5 aromatic rings. The van der Waals surface area contributed by atoms with Crippen molar-refractivity contribution in [3.63, 3.8) is 0 Å². The van der Waals surface area contributed by atoms with Gasteiger partial charge in [-0.1, -0.05) is 67.9 Å². The minimum atomic E-state index is -0.305. The summed E-state index contributed by atoms with van der Waals surface area (Å²) in [6.45, 7) is 4.29. The van der Waals surface area contributed by atoms with Crippen LogP contribution in [-0.2, 0) is 0 Å². The minimum Gasteiger partial charge on any atom is -0.340 e. The largest absolute Gasteiger partial charge is 0.340 e. The van der Waals surface area contributed by atoms with E-state index in [1.54, 1.807) is 4.57 Å². The highest BCUT2D eigenvalue weighted by Crippen LogP contribution is 2.30. The fourth-order valence-electron chi connectivity index (χ4n) is 4.17. The highest BCUT2D eigenvalue weighted by Gasteiger charge is 2.25. The number of aromatic amines is 1. The maximum absolute atomic E-state index is 13.8. The molecule has 0 aliphatic heterocycles. The van der Waals surface area contributed by atoms with Gasteiger partial charge in [0.15, 0.2) is 0 Å². The van der Waals surface area contributed by atoms with Crippen LogP contribution < -0.4 is 5.56 Å². The number of nitrogens with zero attached hydrogens (tertiary/aromatic N) is 3. The van der Waals surface area contributed by atoms with E-state index < -0.39 is 0 Å². The Bertz CT molecular complexity index is 1470. The highest BCUT2D eigenvalue weighted by atomic mass is 35.5. The highest BCUT2D eigenvalue weighted by molar-refractivity contribution is 6.31. The first kappa shape index (κ1) is 20.5. The number of halogens is 1. The third-order valence-electron chi connectivity index (χ3n) is 5.62. The van der Waals surface area contributed by atoms with Crippen molar-refractivity contribution in [2.24, 2.45) is 5.92 Å². The van der Waals surface area contributed by atoms with Gasteiger partial charge in [-0.3, -0.25) is 9.36 Å². The van der Waals surface area contributed by atoms with Crippen LogP contribution in [0.5, 0.6) is 0 Å². The van der Waals surface area contributed by atoms with Crippen molar-refractivity contribution in [1.82, 2.24) is 19.5 Å². The molecule has 0 amide bonds. The number of fused-ring (bicyclic) bond motifs is 2. The Hall–Kier alpha value is -3.44. The van der Waals surface area contributed by atoms with Crippen molar-refractivity contribution in [1.29, 1.82) is 0 Å². The number of H-pyrrole nitrogens is 1. The molecule has 2 heterocycles. The van der Waals surface area contributed by atoms with Gasteiger partial charge in [-0.15, -0.1) is 0 Å². The average molecular weight is 443 g/mol. The molecule has 5 rings (SSSR count). The van der Waals surface area contributed by atoms with Crippen LogP contribution in [0, 0.1) is 5.92 Å². The minimum absolute atomic E-state index is 0.0707. The zero-order valence-electron chi connectivity index (χ0n) is 17.9. The summed E-state index contributed by atoms with van der Waals surface area (Å²) in [5.74, 6) is 1.70. The van der Waals surface area contributed by atoms with Gasteiger partial charge >= 0.3 is 0 Å². The van der Waals surface area contributed by atoms with Crippen molar-refractivity contribution < 1.29 is 0 Å². The summed E-state index contributed by atoms with van der Waals surface area (Å²) in [7, 11) is 0. The van der Waals surface area contributed by atoms with Gasteiger partial charge in [0, 0.05) is 10.6 Å². The van der Waals surface area contributed by atoms with E-state index in [2.05, 4.69) is 18.8 Å². The lowest BCUT2D eigenvalue weighted by atomic mass is 10.0. The Labute approximate surface area is 190 Å². The molecule has 0 saturated carbocycles. The van der Waals surface area contributed by atoms with Crippen LogP contribution in [0.4, 0.5) is 0 Å². The van der Waals surface area contributed by atoms with Gasteiger partial charge in [-0.05, 0) is 42.7 Å². The molecule has 160 valence electrons. The summed E-state index contributed by atoms with van der Waals surface area (Å²) >= 11 is 6.19. The molecule has 0 aliphatic carbocycles. The molecule has 6 heteroatoms. The van der Waals surface area contributed by atoms with E-state index >= 15 is 0 Å². The number of imidazole rings is 1. The molecular weight excluding hydrogens is 420 g/mol. The van der Waals surface area contributed by atoms with E-state index in [4.69, 9.17) is 21.6 Å². The van der Waals surface area contributed by atoms with Crippen LogP contribution in [0.3, 0.4) is 0 Å². The van der Waals surface area contributed by atoms with Gasteiger partial charge in [-0.2, -0.15) is 0 Å². The van der Waals surface area contributed by atoms with Crippen LogP contribution in [0.25, 0.3) is 33.3 Å². The normalized spacial score (nSPS) is 12.6. The Kier molecular flexibility index (Phi) is 5.27. The lowest BCUT2D eigenvalue weighted by Gasteiger charge is -2.23. The average Bonchev–Trinajstić information content (AvgIpc) is 3.21. The lowest BCUT2D eigenvalue weighted by Crippen LogP contribution is -2.30. The molecule has 0 fully saturated rings. The maximum atomic E-state index is 13.8. The molecule has 0 radical (unpaired) electrons. The van der Waals surface area contributed by atoms with Crippen molar-refractivity contribution in [3.8, 4) is 11.4 Å². The molecule has 0 saturated heterocycles. The lowest BCUT2D eigenvalue weighted by molar-refractivity contribution is 0.431. The van der Waals surface area contributed by atoms with Crippen LogP contribution in [0.15, 0.2) is 77.6 Å². The number of aromatic nitrogens is 4. The fourth-order valence-corrected chi connectivity index (χ4v) is 4.34. The van der Waals surface area contributed by atoms with Crippen molar-refractivity contribution in [3.05, 3.63) is 94.0 Å². The monoisotopic (exact) mass is 442 g/mol. The second kappa shape index (κ2) is 8.24. The van der Waals surface area contributed by atoms with Crippen LogP contribution in [0.2, 0.25) is 5.02 Å². The SMILES string of the molecule is CC(C)CC(c1nc2ccc(Cl)cc2[nH]1)n1c(-c2ccccc2)nc2ccccc2c1=O. The molecule has 3 aromatic carbocycles. The van der Waals surface area contributed by atoms with E-state index in [0.717, 1.165) is 28.8 Å². The third-order valence-corrected chi connectivity index (χ3v) is 5.86. The van der Waals surface area contributed by atoms with Gasteiger partial charge < -0.3 is 4.98 Å². The Balaban J connectivity index is 1.81. The summed E-state index contributed by atoms with van der Waals surface area (Å²) in [6.07, 6.45) is 0.729. The second-order valence-electron chi connectivity index (χ2n) is 8.42. The summed E-state index contributed by atoms with van der Waals surface area (Å²) in [4.78, 5) is 27.0. The van der Waals surface area contributed by atoms with E-state index in [1.807, 2.05) is 72.8 Å². The maximum Gasteiger partial charge on any atom is 0.262 e. The van der Waals surface area contributed by atoms with Gasteiger partial charge in [0.2, 0.25) is 0 Å². The Morgan fingerprint density at radius 2 is 1.69 bits per heavy atom. The predicted octanol–water partition coefficient (Wildman–Crippen LogP) is 6.23. The van der Waals surface area contributed by atoms with Crippen LogP contribution in [-0.4, -0.2) is 19.5 Å². The van der Waals surface area contributed by atoms with Crippen molar-refractivity contribution in [2.75, 3.05) is 0 Å². The predicted molar refractivity (Wildman–Crippen MR) is 130 cm³/mol. The first-order chi connectivity index (χ1) is 15.5. The molecular formula is C26H23ClN4O. The van der Waals surface area contributed by atoms with Gasteiger partial charge in [0.1, 0.15) is 11.6 Å². The molecule has 0 bridgehead atoms. The number of nitrogens with one attached hydrogen (secondary N) is 1. The fraction of sp³-hybridized carbons (Fsp3) is 0.192. The number of hydrogen-bond donors (Lipinski definition) is 1. The number of para-hydroxylation sites is 1. The van der Waals surface area contributed by atoms with E-state index in [0.29, 0.717) is 27.7 Å². The second-order valence-corrected chi connectivity index (χ2v) is 8.86. The first-order valence-electron chi connectivity index (χ1n) is 10.7. The molecule has 1 unspecified atom stereocenters. The standard InChI is InChI=1S/C26H23ClN4O/c1-16(2)14-23(24-28-21-13-12-18(27)15-22(21)29-24)31-25(17-8-4-3-5-9-17)30-20-11-7-6-10-19(20)26(31)32/h3-13,15-16,23H,14H2,1-2H3,(H,28,29). The smallest absolute Gasteiger partial charge is 0.262 e. The zero-order chi connectivity index (χ0) is 22.2. The molecule has 1 N–H and O–H groups in total. The third kappa shape index (κ3) is 3.69. The molecule has 1 atom stereocenters. The number of benzene rings is 3. The zero-order valence-corrected chi connectivity index (χ0v) is 18.7. The quantitative estimate of drug-likeness (QED) is 0.351. The summed E-state index contributed by atoms with van der Waals surface area (Å²) < 4.78 is 1.80. The van der Waals surface area contributed by atoms with Crippen molar-refractivity contribution in [2.45, 2.75) is 26.3 Å². The molecule has 2 aromatic heterocycles. The van der Waals surface area contributed by atoms with Gasteiger partial charge in [-0.25, -0.2) is 9.97 Å². The summed E-state index contributed by atoms with van der Waals surface area (Å²) in [5.41, 5.74) is 3.18. The Morgan fingerprint density at radius 3 is 2.47 bits per heavy atom. The van der Waals surface area contributed by atoms with Crippen LogP contribution >= 0.6 is 11.6 Å². The molecule has 32 heavy (non-hydrogen) atoms. The van der Waals surface area contributed by atoms with Gasteiger partial charge in [0.05, 0.1) is 28.0 Å². The van der Waals surface area contributed by atoms with Crippen molar-refractivity contribution >= 4 is 33.5 Å². The van der Waals surface area contributed by atoms with Gasteiger partial charge in [0.25, 0.3) is 5.56 Å². The molecule has 0 aliphatic rings. The number of hydrogen-bond acceptors (Lipinski definition) is 3. The Morgan fingerprint density at radius 1 is 0.938 bits per heavy atom.